The Balaban J connectivity index is 1.95. The third-order valence-corrected chi connectivity index (χ3v) is 5.99. The van der Waals surface area contributed by atoms with Crippen LogP contribution in [-0.4, -0.2) is 63.5 Å². The summed E-state index contributed by atoms with van der Waals surface area (Å²) in [5, 5.41) is 9.16. The number of rotatable bonds is 6. The maximum absolute atomic E-state index is 12.1. The van der Waals surface area contributed by atoms with E-state index in [2.05, 4.69) is 0 Å². The first-order valence-corrected chi connectivity index (χ1v) is 9.97. The number of ether oxygens (including phenoxy) is 2. The summed E-state index contributed by atoms with van der Waals surface area (Å²) in [5.41, 5.74) is 0.350. The van der Waals surface area contributed by atoms with Gasteiger partial charge in [-0.05, 0) is 30.2 Å². The predicted molar refractivity (Wildman–Crippen MR) is 97.4 cm³/mol. The molecule has 0 bridgehead atoms. The molecule has 0 aromatic heterocycles. The molecule has 9 heteroatoms. The highest BCUT2D eigenvalue weighted by Gasteiger charge is 2.33. The van der Waals surface area contributed by atoms with Gasteiger partial charge in [0, 0.05) is 13.1 Å². The monoisotopic (exact) mass is 392 g/mol. The lowest BCUT2D eigenvalue weighted by atomic mass is 10.1. The summed E-state index contributed by atoms with van der Waals surface area (Å²) in [4.78, 5) is 25.4. The molecular weight excluding hydrogens is 372 g/mol. The highest BCUT2D eigenvalue weighted by molar-refractivity contribution is 7.91. The van der Waals surface area contributed by atoms with Crippen molar-refractivity contribution in [2.45, 2.75) is 12.5 Å². The van der Waals surface area contributed by atoms with Gasteiger partial charge in [-0.3, -0.25) is 4.79 Å². The van der Waals surface area contributed by atoms with Crippen LogP contribution in [0.3, 0.4) is 0 Å². The molecule has 1 saturated heterocycles. The van der Waals surface area contributed by atoms with Crippen LogP contribution in [0, 0.1) is 11.3 Å². The number of hydrogen-bond acceptors (Lipinski definition) is 7. The lowest BCUT2D eigenvalue weighted by Gasteiger charge is -2.23. The molecule has 1 amide bonds. The summed E-state index contributed by atoms with van der Waals surface area (Å²) in [6.45, 7) is -0.562. The zero-order valence-corrected chi connectivity index (χ0v) is 15.9. The fourth-order valence-electron chi connectivity index (χ4n) is 2.59. The van der Waals surface area contributed by atoms with E-state index in [9.17, 15) is 18.0 Å². The minimum Gasteiger partial charge on any atom is -0.497 e. The Morgan fingerprint density at radius 2 is 2.00 bits per heavy atom. The molecule has 1 heterocycles. The van der Waals surface area contributed by atoms with Gasteiger partial charge in [0.1, 0.15) is 17.4 Å². The molecule has 144 valence electrons. The number of likely N-dealkylation sites (N-methyl/N-ethyl adjacent to an activating group) is 1. The Morgan fingerprint density at radius 1 is 1.33 bits per heavy atom. The van der Waals surface area contributed by atoms with Crippen LogP contribution in [0.4, 0.5) is 0 Å². The summed E-state index contributed by atoms with van der Waals surface area (Å²) in [5.74, 6) is -0.862. The minimum atomic E-state index is -3.13. The number of nitriles is 1. The van der Waals surface area contributed by atoms with Crippen molar-refractivity contribution in [3.63, 3.8) is 0 Å². The van der Waals surface area contributed by atoms with E-state index in [0.717, 1.165) is 0 Å². The number of carbonyl (C=O) groups excluding carboxylic acids is 2. The molecule has 27 heavy (non-hydrogen) atoms. The average Bonchev–Trinajstić information content (AvgIpc) is 3.03. The van der Waals surface area contributed by atoms with E-state index in [1.807, 2.05) is 0 Å². The molecule has 0 spiro atoms. The second-order valence-electron chi connectivity index (χ2n) is 6.08. The number of carbonyl (C=O) groups is 2. The van der Waals surface area contributed by atoms with Gasteiger partial charge in [-0.1, -0.05) is 12.1 Å². The van der Waals surface area contributed by atoms with E-state index in [-0.39, 0.29) is 17.1 Å². The highest BCUT2D eigenvalue weighted by atomic mass is 32.2. The molecular formula is C18H20N2O6S. The van der Waals surface area contributed by atoms with Crippen molar-refractivity contribution < 1.29 is 27.5 Å². The van der Waals surface area contributed by atoms with Crippen LogP contribution in [-0.2, 0) is 24.2 Å². The van der Waals surface area contributed by atoms with Crippen LogP contribution >= 0.6 is 0 Å². The summed E-state index contributed by atoms with van der Waals surface area (Å²) in [6, 6.07) is 8.03. The molecule has 0 aliphatic carbocycles. The molecule has 1 aromatic rings. The van der Waals surface area contributed by atoms with E-state index in [0.29, 0.717) is 17.7 Å². The van der Waals surface area contributed by atoms with Gasteiger partial charge in [0.15, 0.2) is 16.4 Å². The van der Waals surface area contributed by atoms with Crippen LogP contribution in [0.15, 0.2) is 29.8 Å². The molecule has 1 fully saturated rings. The maximum Gasteiger partial charge on any atom is 0.349 e. The van der Waals surface area contributed by atoms with Crippen molar-refractivity contribution in [1.29, 1.82) is 5.26 Å². The maximum atomic E-state index is 12.1. The van der Waals surface area contributed by atoms with E-state index in [1.165, 1.54) is 25.1 Å². The van der Waals surface area contributed by atoms with Gasteiger partial charge in [-0.15, -0.1) is 0 Å². The number of methoxy groups -OCH3 is 1. The first-order valence-electron chi connectivity index (χ1n) is 8.15. The molecule has 1 aliphatic heterocycles. The Hall–Kier alpha value is -2.86. The van der Waals surface area contributed by atoms with Crippen molar-refractivity contribution in [3.05, 3.63) is 35.4 Å². The first-order chi connectivity index (χ1) is 12.8. The van der Waals surface area contributed by atoms with E-state index in [1.54, 1.807) is 30.3 Å². The second-order valence-corrected chi connectivity index (χ2v) is 8.31. The van der Waals surface area contributed by atoms with Gasteiger partial charge in [0.05, 0.1) is 18.6 Å². The zero-order chi connectivity index (χ0) is 20.0. The second kappa shape index (κ2) is 8.68. The van der Waals surface area contributed by atoms with Crippen LogP contribution in [0.5, 0.6) is 5.75 Å². The smallest absolute Gasteiger partial charge is 0.349 e. The van der Waals surface area contributed by atoms with Crippen LogP contribution < -0.4 is 4.74 Å². The van der Waals surface area contributed by atoms with E-state index >= 15 is 0 Å². The zero-order valence-electron chi connectivity index (χ0n) is 15.0. The Labute approximate surface area is 157 Å². The molecule has 1 atom stereocenters. The van der Waals surface area contributed by atoms with Gasteiger partial charge in [0.2, 0.25) is 0 Å². The average molecular weight is 392 g/mol. The van der Waals surface area contributed by atoms with Crippen molar-refractivity contribution >= 4 is 27.8 Å². The number of benzene rings is 1. The Bertz CT molecular complexity index is 883. The number of sulfone groups is 1. The third-order valence-electron chi connectivity index (χ3n) is 4.24. The lowest BCUT2D eigenvalue weighted by molar-refractivity contribution is -0.148. The molecule has 0 saturated carbocycles. The predicted octanol–water partition coefficient (Wildman–Crippen LogP) is 0.791. The van der Waals surface area contributed by atoms with Gasteiger partial charge < -0.3 is 14.4 Å². The lowest BCUT2D eigenvalue weighted by Crippen LogP contribution is -2.40. The summed E-state index contributed by atoms with van der Waals surface area (Å²) in [7, 11) is -0.127. The number of esters is 1. The standard InChI is InChI=1S/C18H20N2O6S/c1-20(15-7-8-27(23,24)12-15)17(21)11-26-18(22)14(10-19)9-13-3-5-16(25-2)6-4-13/h3-6,9,15H,7-8,11-12H2,1-2H3/b14-9+. The van der Waals surface area contributed by atoms with Crippen molar-refractivity contribution in [1.82, 2.24) is 4.90 Å². The third kappa shape index (κ3) is 5.56. The minimum absolute atomic E-state index is 0.0399. The molecule has 2 rings (SSSR count). The quantitative estimate of drug-likeness (QED) is 0.399. The Kier molecular flexibility index (Phi) is 6.58. The highest BCUT2D eigenvalue weighted by Crippen LogP contribution is 2.17. The molecule has 1 aliphatic rings. The number of amides is 1. The molecule has 0 N–H and O–H groups in total. The first kappa shape index (κ1) is 20.5. The van der Waals surface area contributed by atoms with Crippen molar-refractivity contribution in [3.8, 4) is 11.8 Å². The van der Waals surface area contributed by atoms with Gasteiger partial charge in [-0.2, -0.15) is 5.26 Å². The van der Waals surface area contributed by atoms with Gasteiger partial charge in [0.25, 0.3) is 5.91 Å². The largest absolute Gasteiger partial charge is 0.497 e. The van der Waals surface area contributed by atoms with Crippen LogP contribution in [0.25, 0.3) is 6.08 Å². The molecule has 1 aromatic carbocycles. The van der Waals surface area contributed by atoms with Crippen LogP contribution in [0.2, 0.25) is 0 Å². The number of nitrogens with zero attached hydrogens (tertiary/aromatic N) is 2. The molecule has 8 nitrogen and oxygen atoms in total. The fourth-order valence-corrected chi connectivity index (χ4v) is 4.37. The SMILES string of the molecule is COc1ccc(/C=C(\C#N)C(=O)OCC(=O)N(C)C2CCS(=O)(=O)C2)cc1. The van der Waals surface area contributed by atoms with Crippen molar-refractivity contribution in [2.24, 2.45) is 0 Å². The number of hydrogen-bond donors (Lipinski definition) is 0. The summed E-state index contributed by atoms with van der Waals surface area (Å²) < 4.78 is 32.9. The fraction of sp³-hybridized carbons (Fsp3) is 0.389. The Morgan fingerprint density at radius 3 is 2.52 bits per heavy atom. The van der Waals surface area contributed by atoms with E-state index < -0.39 is 34.4 Å². The van der Waals surface area contributed by atoms with Gasteiger partial charge in [-0.25, -0.2) is 13.2 Å². The molecule has 0 radical (unpaired) electrons. The van der Waals surface area contributed by atoms with Crippen LogP contribution in [0.1, 0.15) is 12.0 Å². The topological polar surface area (TPSA) is 114 Å². The summed E-state index contributed by atoms with van der Waals surface area (Å²) >= 11 is 0. The van der Waals surface area contributed by atoms with E-state index in [4.69, 9.17) is 14.7 Å². The molecule has 1 unspecified atom stereocenters. The summed E-state index contributed by atoms with van der Waals surface area (Å²) in [6.07, 6.45) is 1.71. The van der Waals surface area contributed by atoms with Crippen molar-refractivity contribution in [2.75, 3.05) is 32.3 Å². The normalized spacial score (nSPS) is 18.4. The van der Waals surface area contributed by atoms with Gasteiger partial charge >= 0.3 is 5.97 Å².